The van der Waals surface area contributed by atoms with Crippen molar-refractivity contribution in [1.29, 1.82) is 0 Å². The van der Waals surface area contributed by atoms with Gasteiger partial charge in [0.15, 0.2) is 0 Å². The van der Waals surface area contributed by atoms with Crippen LogP contribution in [0.25, 0.3) is 0 Å². The van der Waals surface area contributed by atoms with Crippen LogP contribution in [0.3, 0.4) is 0 Å². The molecule has 0 bridgehead atoms. The lowest BCUT2D eigenvalue weighted by Gasteiger charge is -2.17. The Hall–Kier alpha value is -2.13. The number of hydrogen-bond acceptors (Lipinski definition) is 6. The molecule has 9 heteroatoms. The van der Waals surface area contributed by atoms with Crippen LogP contribution in [-0.4, -0.2) is 41.1 Å². The lowest BCUT2D eigenvalue weighted by atomic mass is 10.3. The van der Waals surface area contributed by atoms with Crippen molar-refractivity contribution < 1.29 is 17.9 Å². The highest BCUT2D eigenvalue weighted by atomic mass is 32.2. The summed E-state index contributed by atoms with van der Waals surface area (Å²) in [5.74, 6) is 0.814. The normalized spacial score (nSPS) is 21.0. The van der Waals surface area contributed by atoms with Crippen molar-refractivity contribution in [2.24, 2.45) is 7.05 Å². The summed E-state index contributed by atoms with van der Waals surface area (Å²) in [5.41, 5.74) is 0.868. The number of ether oxygens (including phenoxy) is 2. The van der Waals surface area contributed by atoms with Crippen molar-refractivity contribution in [3.8, 4) is 11.6 Å². The second-order valence-electron chi connectivity index (χ2n) is 5.73. The van der Waals surface area contributed by atoms with Crippen LogP contribution in [-0.2, 0) is 21.8 Å². The molecule has 1 N–H and O–H groups in total. The van der Waals surface area contributed by atoms with E-state index >= 15 is 0 Å². The molecule has 1 fully saturated rings. The van der Waals surface area contributed by atoms with Crippen LogP contribution in [0.5, 0.6) is 11.6 Å². The molecule has 0 radical (unpaired) electrons. The Labute approximate surface area is 140 Å². The molecule has 1 aliphatic rings. The molecule has 3 rings (SSSR count). The number of pyridine rings is 1. The van der Waals surface area contributed by atoms with Gasteiger partial charge in [-0.2, -0.15) is 5.10 Å². The van der Waals surface area contributed by atoms with Crippen molar-refractivity contribution in [3.05, 3.63) is 30.2 Å². The van der Waals surface area contributed by atoms with Gasteiger partial charge < -0.3 is 9.47 Å². The van der Waals surface area contributed by atoms with E-state index < -0.39 is 15.3 Å². The van der Waals surface area contributed by atoms with Crippen LogP contribution in [0.4, 0.5) is 5.69 Å². The number of nitrogens with zero attached hydrogens (tertiary/aromatic N) is 3. The Balaban J connectivity index is 1.91. The van der Waals surface area contributed by atoms with Gasteiger partial charge in [-0.1, -0.05) is 0 Å². The fraction of sp³-hybridized carbons (Fsp3) is 0.467. The number of rotatable bonds is 5. The summed E-state index contributed by atoms with van der Waals surface area (Å²) in [6.07, 6.45) is 3.30. The van der Waals surface area contributed by atoms with Crippen molar-refractivity contribution >= 4 is 15.7 Å². The summed E-state index contributed by atoms with van der Waals surface area (Å²) in [5, 5.41) is 3.66. The lowest BCUT2D eigenvalue weighted by Crippen LogP contribution is -2.33. The number of aromatic nitrogens is 3. The van der Waals surface area contributed by atoms with Crippen LogP contribution in [0.1, 0.15) is 19.0 Å². The number of anilines is 1. The zero-order valence-corrected chi connectivity index (χ0v) is 14.6. The van der Waals surface area contributed by atoms with Crippen molar-refractivity contribution in [2.45, 2.75) is 31.6 Å². The first-order valence-electron chi connectivity index (χ1n) is 7.63. The highest BCUT2D eigenvalue weighted by molar-refractivity contribution is 7.93. The van der Waals surface area contributed by atoms with Crippen LogP contribution >= 0.6 is 0 Å². The third-order valence-electron chi connectivity index (χ3n) is 3.97. The summed E-state index contributed by atoms with van der Waals surface area (Å²) in [6.45, 7) is 3.93. The third-order valence-corrected chi connectivity index (χ3v) is 5.87. The largest absolute Gasteiger partial charge is 0.436 e. The summed E-state index contributed by atoms with van der Waals surface area (Å²) in [4.78, 5) is 3.98. The fourth-order valence-corrected chi connectivity index (χ4v) is 4.39. The quantitative estimate of drug-likeness (QED) is 0.882. The predicted molar refractivity (Wildman–Crippen MR) is 88.6 cm³/mol. The van der Waals surface area contributed by atoms with Crippen molar-refractivity contribution in [1.82, 2.24) is 14.8 Å². The molecule has 8 nitrogen and oxygen atoms in total. The molecular weight excluding hydrogens is 332 g/mol. The lowest BCUT2D eigenvalue weighted by molar-refractivity contribution is 0.126. The van der Waals surface area contributed by atoms with Gasteiger partial charge in [0.05, 0.1) is 18.0 Å². The molecule has 3 heterocycles. The van der Waals surface area contributed by atoms with E-state index in [1.807, 2.05) is 0 Å². The number of sulfonamides is 1. The first-order valence-corrected chi connectivity index (χ1v) is 9.18. The second kappa shape index (κ2) is 6.40. The average Bonchev–Trinajstić information content (AvgIpc) is 3.07. The number of nitrogens with one attached hydrogen (secondary N) is 1. The van der Waals surface area contributed by atoms with E-state index in [4.69, 9.17) is 9.47 Å². The molecule has 0 aliphatic carbocycles. The van der Waals surface area contributed by atoms with Gasteiger partial charge in [0, 0.05) is 19.9 Å². The van der Waals surface area contributed by atoms with Gasteiger partial charge in [-0.15, -0.1) is 0 Å². The average molecular weight is 352 g/mol. The van der Waals surface area contributed by atoms with E-state index in [0.717, 1.165) is 0 Å². The highest BCUT2D eigenvalue weighted by Gasteiger charge is 2.37. The van der Waals surface area contributed by atoms with Crippen LogP contribution in [0, 0.1) is 6.92 Å². The Bertz CT molecular complexity index is 819. The Morgan fingerprint density at radius 2 is 2.25 bits per heavy atom. The SMILES string of the molecule is Cc1nn(C)c(Oc2cccnc2)c1NS(=O)(=O)[C@@H]1CCO[C@H]1C. The first-order chi connectivity index (χ1) is 11.4. The maximum atomic E-state index is 12.7. The number of aryl methyl sites for hydroxylation is 2. The van der Waals surface area contributed by atoms with Gasteiger partial charge in [-0.05, 0) is 32.4 Å². The summed E-state index contributed by atoms with van der Waals surface area (Å²) in [7, 11) is -1.92. The van der Waals surface area contributed by atoms with Gasteiger partial charge in [-0.25, -0.2) is 13.1 Å². The molecule has 0 saturated carbocycles. The molecule has 2 aromatic rings. The van der Waals surface area contributed by atoms with Crippen molar-refractivity contribution in [2.75, 3.05) is 11.3 Å². The molecule has 1 aliphatic heterocycles. The van der Waals surface area contributed by atoms with E-state index in [-0.39, 0.29) is 6.10 Å². The number of hydrogen-bond donors (Lipinski definition) is 1. The standard InChI is InChI=1S/C15H20N4O4S/c1-10-14(18-24(20,21)13-6-8-22-11(13)2)15(19(3)17-10)23-12-5-4-7-16-9-12/h4-5,7,9,11,13,18H,6,8H2,1-3H3/t11-,13+/m0/s1. The third kappa shape index (κ3) is 3.22. The monoisotopic (exact) mass is 352 g/mol. The maximum Gasteiger partial charge on any atom is 0.242 e. The zero-order valence-electron chi connectivity index (χ0n) is 13.8. The highest BCUT2D eigenvalue weighted by Crippen LogP contribution is 2.34. The summed E-state index contributed by atoms with van der Waals surface area (Å²) >= 11 is 0. The van der Waals surface area contributed by atoms with Gasteiger partial charge in [0.25, 0.3) is 0 Å². The smallest absolute Gasteiger partial charge is 0.242 e. The van der Waals surface area contributed by atoms with Gasteiger partial charge >= 0.3 is 0 Å². The Kier molecular flexibility index (Phi) is 4.46. The predicted octanol–water partition coefficient (Wildman–Crippen LogP) is 1.83. The van der Waals surface area contributed by atoms with E-state index in [1.165, 1.54) is 4.68 Å². The summed E-state index contributed by atoms with van der Waals surface area (Å²) < 4.78 is 40.6. The van der Waals surface area contributed by atoms with Crippen molar-refractivity contribution in [3.63, 3.8) is 0 Å². The fourth-order valence-electron chi connectivity index (χ4n) is 2.73. The topological polar surface area (TPSA) is 95.3 Å². The molecular formula is C15H20N4O4S. The molecule has 24 heavy (non-hydrogen) atoms. The van der Waals surface area contributed by atoms with Crippen LogP contribution in [0.15, 0.2) is 24.5 Å². The van der Waals surface area contributed by atoms with Crippen LogP contribution in [0.2, 0.25) is 0 Å². The zero-order chi connectivity index (χ0) is 17.3. The minimum absolute atomic E-state index is 0.315. The maximum absolute atomic E-state index is 12.7. The molecule has 130 valence electrons. The molecule has 2 aromatic heterocycles. The van der Waals surface area contributed by atoms with E-state index in [2.05, 4.69) is 14.8 Å². The Morgan fingerprint density at radius 1 is 1.46 bits per heavy atom. The molecule has 1 saturated heterocycles. The van der Waals surface area contributed by atoms with Crippen LogP contribution < -0.4 is 9.46 Å². The van der Waals surface area contributed by atoms with E-state index in [1.54, 1.807) is 45.4 Å². The molecule has 2 atom stereocenters. The minimum atomic E-state index is -3.61. The van der Waals surface area contributed by atoms with E-state index in [9.17, 15) is 8.42 Å². The van der Waals surface area contributed by atoms with Gasteiger partial charge in [-0.3, -0.25) is 9.71 Å². The minimum Gasteiger partial charge on any atom is -0.436 e. The summed E-state index contributed by atoms with van der Waals surface area (Å²) in [6, 6.07) is 3.47. The Morgan fingerprint density at radius 3 is 2.88 bits per heavy atom. The van der Waals surface area contributed by atoms with Gasteiger partial charge in [0.2, 0.25) is 15.9 Å². The molecule has 0 amide bonds. The second-order valence-corrected chi connectivity index (χ2v) is 7.63. The first kappa shape index (κ1) is 16.7. The molecule has 0 unspecified atom stereocenters. The van der Waals surface area contributed by atoms with E-state index in [0.29, 0.717) is 36.0 Å². The molecule has 0 aromatic carbocycles. The van der Waals surface area contributed by atoms with Gasteiger partial charge in [0.1, 0.15) is 16.7 Å². The molecule has 0 spiro atoms.